The van der Waals surface area contributed by atoms with E-state index in [1.54, 1.807) is 0 Å². The van der Waals surface area contributed by atoms with Gasteiger partial charge in [0.25, 0.3) is 5.91 Å². The van der Waals surface area contributed by atoms with Crippen LogP contribution in [0, 0.1) is 3.57 Å². The molecule has 0 spiro atoms. The molecule has 2 rings (SSSR count). The van der Waals surface area contributed by atoms with E-state index < -0.39 is 0 Å². The lowest BCUT2D eigenvalue weighted by molar-refractivity contribution is -0.127. The highest BCUT2D eigenvalue weighted by Crippen LogP contribution is 2.18. The standard InChI is InChI=1S/C12H14INO2/c13-9-4-6-10(7-5-9)16-11-3-1-2-8-14-12(11)15/h4-7,11H,1-3,8H2,(H,14,15). The molecule has 1 fully saturated rings. The Labute approximate surface area is 109 Å². The number of benzene rings is 1. The van der Waals surface area contributed by atoms with Crippen molar-refractivity contribution in [2.45, 2.75) is 25.4 Å². The van der Waals surface area contributed by atoms with Gasteiger partial charge in [0.1, 0.15) is 5.75 Å². The Morgan fingerprint density at radius 1 is 1.25 bits per heavy atom. The molecule has 0 aromatic heterocycles. The van der Waals surface area contributed by atoms with Crippen LogP contribution in [0.25, 0.3) is 0 Å². The van der Waals surface area contributed by atoms with Gasteiger partial charge in [0.2, 0.25) is 0 Å². The van der Waals surface area contributed by atoms with Gasteiger partial charge in [0.15, 0.2) is 6.10 Å². The van der Waals surface area contributed by atoms with E-state index in [1.165, 1.54) is 0 Å². The molecule has 4 heteroatoms. The van der Waals surface area contributed by atoms with E-state index in [0.29, 0.717) is 0 Å². The average molecular weight is 331 g/mol. The Morgan fingerprint density at radius 3 is 2.75 bits per heavy atom. The molecule has 0 radical (unpaired) electrons. The van der Waals surface area contributed by atoms with Gasteiger partial charge in [0, 0.05) is 10.1 Å². The summed E-state index contributed by atoms with van der Waals surface area (Å²) in [6.45, 7) is 0.769. The summed E-state index contributed by atoms with van der Waals surface area (Å²) in [6.07, 6.45) is 2.55. The minimum atomic E-state index is -0.331. The van der Waals surface area contributed by atoms with Crippen molar-refractivity contribution >= 4 is 28.5 Å². The second-order valence-electron chi connectivity index (χ2n) is 3.85. The van der Waals surface area contributed by atoms with E-state index >= 15 is 0 Å². The summed E-state index contributed by atoms with van der Waals surface area (Å²) in [5.74, 6) is 0.776. The Kier molecular flexibility index (Phi) is 4.04. The van der Waals surface area contributed by atoms with Gasteiger partial charge in [-0.25, -0.2) is 0 Å². The molecule has 1 aliphatic rings. The third-order valence-corrected chi connectivity index (χ3v) is 3.30. The molecule has 1 amide bonds. The lowest BCUT2D eigenvalue weighted by atomic mass is 10.2. The van der Waals surface area contributed by atoms with E-state index in [2.05, 4.69) is 27.9 Å². The molecule has 3 nitrogen and oxygen atoms in total. The van der Waals surface area contributed by atoms with Crippen molar-refractivity contribution in [3.63, 3.8) is 0 Å². The topological polar surface area (TPSA) is 38.3 Å². The quantitative estimate of drug-likeness (QED) is 0.845. The summed E-state index contributed by atoms with van der Waals surface area (Å²) in [5.41, 5.74) is 0. The van der Waals surface area contributed by atoms with Crippen LogP contribution in [0.15, 0.2) is 24.3 Å². The van der Waals surface area contributed by atoms with Crippen molar-refractivity contribution in [2.24, 2.45) is 0 Å². The van der Waals surface area contributed by atoms with E-state index in [4.69, 9.17) is 4.74 Å². The highest BCUT2D eigenvalue weighted by Gasteiger charge is 2.21. The van der Waals surface area contributed by atoms with E-state index in [-0.39, 0.29) is 12.0 Å². The first-order chi connectivity index (χ1) is 7.75. The second kappa shape index (κ2) is 5.52. The second-order valence-corrected chi connectivity index (χ2v) is 5.09. The summed E-state index contributed by atoms with van der Waals surface area (Å²) in [4.78, 5) is 11.6. The summed E-state index contributed by atoms with van der Waals surface area (Å²) in [7, 11) is 0. The highest BCUT2D eigenvalue weighted by molar-refractivity contribution is 14.1. The molecule has 1 atom stereocenters. The Hall–Kier alpha value is -0.780. The number of hydrogen-bond acceptors (Lipinski definition) is 2. The van der Waals surface area contributed by atoms with Gasteiger partial charge < -0.3 is 10.1 Å². The van der Waals surface area contributed by atoms with Gasteiger partial charge in [-0.3, -0.25) is 4.79 Å². The van der Waals surface area contributed by atoms with Crippen molar-refractivity contribution in [3.8, 4) is 5.75 Å². The number of amides is 1. The van der Waals surface area contributed by atoms with Crippen LogP contribution >= 0.6 is 22.6 Å². The Morgan fingerprint density at radius 2 is 2.00 bits per heavy atom. The minimum Gasteiger partial charge on any atom is -0.481 e. The Bertz CT molecular complexity index is 364. The van der Waals surface area contributed by atoms with Crippen LogP contribution in [0.1, 0.15) is 19.3 Å². The predicted molar refractivity (Wildman–Crippen MR) is 70.4 cm³/mol. The molecule has 1 unspecified atom stereocenters. The molecule has 0 bridgehead atoms. The maximum atomic E-state index is 11.6. The van der Waals surface area contributed by atoms with E-state index in [1.807, 2.05) is 24.3 Å². The molecule has 1 aromatic rings. The number of carbonyl (C=O) groups excluding carboxylic acids is 1. The van der Waals surface area contributed by atoms with Crippen molar-refractivity contribution in [3.05, 3.63) is 27.8 Å². The first kappa shape index (κ1) is 11.7. The highest BCUT2D eigenvalue weighted by atomic mass is 127. The van der Waals surface area contributed by atoms with Gasteiger partial charge in [-0.15, -0.1) is 0 Å². The summed E-state index contributed by atoms with van der Waals surface area (Å²) in [5, 5.41) is 2.86. The Balaban J connectivity index is 2.02. The van der Waals surface area contributed by atoms with Gasteiger partial charge in [-0.1, -0.05) is 0 Å². The molecule has 86 valence electrons. The van der Waals surface area contributed by atoms with Gasteiger partial charge in [0.05, 0.1) is 0 Å². The van der Waals surface area contributed by atoms with E-state index in [0.717, 1.165) is 35.1 Å². The molecule has 1 N–H and O–H groups in total. The van der Waals surface area contributed by atoms with Crippen LogP contribution < -0.4 is 10.1 Å². The monoisotopic (exact) mass is 331 g/mol. The molecule has 1 aromatic carbocycles. The molecular formula is C12H14INO2. The fraction of sp³-hybridized carbons (Fsp3) is 0.417. The number of halogens is 1. The molecule has 16 heavy (non-hydrogen) atoms. The predicted octanol–water partition coefficient (Wildman–Crippen LogP) is 2.34. The molecule has 1 saturated heterocycles. The molecule has 0 aliphatic carbocycles. The van der Waals surface area contributed by atoms with Gasteiger partial charge >= 0.3 is 0 Å². The largest absolute Gasteiger partial charge is 0.481 e. The number of ether oxygens (including phenoxy) is 1. The minimum absolute atomic E-state index is 0.0102. The number of hydrogen-bond donors (Lipinski definition) is 1. The summed E-state index contributed by atoms with van der Waals surface area (Å²) < 4.78 is 6.85. The molecule has 1 aliphatic heterocycles. The van der Waals surface area contributed by atoms with Gasteiger partial charge in [-0.2, -0.15) is 0 Å². The normalized spacial score (nSPS) is 21.1. The fourth-order valence-corrected chi connectivity index (χ4v) is 2.06. The van der Waals surface area contributed by atoms with Crippen LogP contribution in [0.2, 0.25) is 0 Å². The van der Waals surface area contributed by atoms with Crippen LogP contribution in [0.3, 0.4) is 0 Å². The third kappa shape index (κ3) is 3.10. The molecule has 0 saturated carbocycles. The molecular weight excluding hydrogens is 317 g/mol. The third-order valence-electron chi connectivity index (χ3n) is 2.58. The zero-order chi connectivity index (χ0) is 11.4. The van der Waals surface area contributed by atoms with Crippen LogP contribution in [-0.4, -0.2) is 18.6 Å². The van der Waals surface area contributed by atoms with Crippen molar-refractivity contribution in [1.82, 2.24) is 5.32 Å². The fourth-order valence-electron chi connectivity index (χ4n) is 1.70. The maximum absolute atomic E-state index is 11.6. The first-order valence-corrected chi connectivity index (χ1v) is 6.53. The smallest absolute Gasteiger partial charge is 0.261 e. The summed E-state index contributed by atoms with van der Waals surface area (Å²) in [6, 6.07) is 7.76. The zero-order valence-electron chi connectivity index (χ0n) is 8.91. The maximum Gasteiger partial charge on any atom is 0.261 e. The van der Waals surface area contributed by atoms with Crippen molar-refractivity contribution < 1.29 is 9.53 Å². The lowest BCUT2D eigenvalue weighted by Gasteiger charge is -2.15. The van der Waals surface area contributed by atoms with Crippen LogP contribution in [-0.2, 0) is 4.79 Å². The zero-order valence-corrected chi connectivity index (χ0v) is 11.1. The molecule has 1 heterocycles. The van der Waals surface area contributed by atoms with Crippen molar-refractivity contribution in [2.75, 3.05) is 6.54 Å². The SMILES string of the molecule is O=C1NCCCCC1Oc1ccc(I)cc1. The van der Waals surface area contributed by atoms with E-state index in [9.17, 15) is 4.79 Å². The summed E-state index contributed by atoms with van der Waals surface area (Å²) >= 11 is 2.24. The average Bonchev–Trinajstić information content (AvgIpc) is 2.48. The van der Waals surface area contributed by atoms with Crippen LogP contribution in [0.4, 0.5) is 0 Å². The lowest BCUT2D eigenvalue weighted by Crippen LogP contribution is -2.36. The van der Waals surface area contributed by atoms with Gasteiger partial charge in [-0.05, 0) is 66.1 Å². The number of carbonyl (C=O) groups is 1. The van der Waals surface area contributed by atoms with Crippen molar-refractivity contribution in [1.29, 1.82) is 0 Å². The van der Waals surface area contributed by atoms with Crippen LogP contribution in [0.5, 0.6) is 5.75 Å². The number of nitrogens with one attached hydrogen (secondary N) is 1. The number of rotatable bonds is 2. The first-order valence-electron chi connectivity index (χ1n) is 5.45.